The van der Waals surface area contributed by atoms with Gasteiger partial charge in [-0.3, -0.25) is 25.0 Å². The van der Waals surface area contributed by atoms with E-state index in [1.165, 1.54) is 0 Å². The van der Waals surface area contributed by atoms with Crippen LogP contribution in [0.5, 0.6) is 5.75 Å². The summed E-state index contributed by atoms with van der Waals surface area (Å²) in [5.41, 5.74) is 0.551. The van der Waals surface area contributed by atoms with E-state index in [1.54, 1.807) is 16.2 Å². The number of nitro benzene ring substituents is 2. The summed E-state index contributed by atoms with van der Waals surface area (Å²) in [4.78, 5) is 41.0. The molecular weight excluding hydrogens is 540 g/mol. The lowest BCUT2D eigenvalue weighted by atomic mass is 9.97. The molecule has 0 atom stereocenters. The number of thiazole rings is 1. The number of aryl methyl sites for hydroxylation is 1. The fraction of sp³-hybridized carbons (Fsp3) is 0.304. The molecular formula is C23H21BrN4O6S. The molecule has 0 spiro atoms. The molecule has 1 aromatic heterocycles. The van der Waals surface area contributed by atoms with E-state index in [0.29, 0.717) is 13.1 Å². The van der Waals surface area contributed by atoms with Gasteiger partial charge in [0.1, 0.15) is 0 Å². The monoisotopic (exact) mass is 560 g/mol. The van der Waals surface area contributed by atoms with Crippen molar-refractivity contribution >= 4 is 44.5 Å². The number of nitro groups is 2. The number of benzene rings is 2. The SMILES string of the molecule is Cc1sc(C2CCN(C(=O)Cc3cc([N+](=O)[O-])c(O)c([N+](=O)[O-])c3)CC2)nc1-c1ccc(Br)cc1. The van der Waals surface area contributed by atoms with Gasteiger partial charge in [-0.05, 0) is 37.5 Å². The minimum absolute atomic E-state index is 0.114. The highest BCUT2D eigenvalue weighted by molar-refractivity contribution is 9.10. The summed E-state index contributed by atoms with van der Waals surface area (Å²) in [6, 6.07) is 10.0. The molecule has 0 radical (unpaired) electrons. The van der Waals surface area contributed by atoms with Crippen molar-refractivity contribution in [3.63, 3.8) is 0 Å². The summed E-state index contributed by atoms with van der Waals surface area (Å²) >= 11 is 5.11. The topological polar surface area (TPSA) is 140 Å². The number of carbonyl (C=O) groups excluding carboxylic acids is 1. The van der Waals surface area contributed by atoms with E-state index in [2.05, 4.69) is 15.9 Å². The Morgan fingerprint density at radius 2 is 1.71 bits per heavy atom. The van der Waals surface area contributed by atoms with Gasteiger partial charge in [-0.2, -0.15) is 0 Å². The van der Waals surface area contributed by atoms with Gasteiger partial charge in [0.2, 0.25) is 5.91 Å². The van der Waals surface area contributed by atoms with Crippen molar-refractivity contribution in [2.75, 3.05) is 13.1 Å². The number of aromatic nitrogens is 1. The van der Waals surface area contributed by atoms with Crippen molar-refractivity contribution in [3.05, 3.63) is 76.5 Å². The second kappa shape index (κ2) is 10.1. The van der Waals surface area contributed by atoms with Gasteiger partial charge >= 0.3 is 11.4 Å². The van der Waals surface area contributed by atoms with Gasteiger partial charge in [0.25, 0.3) is 5.75 Å². The molecule has 4 rings (SSSR count). The number of rotatable bonds is 6. The number of carbonyl (C=O) groups is 1. The third kappa shape index (κ3) is 5.33. The molecule has 1 saturated heterocycles. The first kappa shape index (κ1) is 24.7. The van der Waals surface area contributed by atoms with Gasteiger partial charge < -0.3 is 10.0 Å². The van der Waals surface area contributed by atoms with Crippen molar-refractivity contribution in [1.29, 1.82) is 0 Å². The molecule has 1 N–H and O–H groups in total. The molecule has 35 heavy (non-hydrogen) atoms. The summed E-state index contributed by atoms with van der Waals surface area (Å²) in [6.07, 6.45) is 1.24. The van der Waals surface area contributed by atoms with Crippen molar-refractivity contribution in [1.82, 2.24) is 9.88 Å². The van der Waals surface area contributed by atoms with Crippen LogP contribution in [0.1, 0.15) is 34.2 Å². The van der Waals surface area contributed by atoms with Gasteiger partial charge in [-0.1, -0.05) is 28.1 Å². The van der Waals surface area contributed by atoms with Crippen molar-refractivity contribution in [3.8, 4) is 17.0 Å². The van der Waals surface area contributed by atoms with Crippen molar-refractivity contribution in [2.45, 2.75) is 32.1 Å². The molecule has 1 amide bonds. The summed E-state index contributed by atoms with van der Waals surface area (Å²) in [5, 5.41) is 33.2. The van der Waals surface area contributed by atoms with Crippen molar-refractivity contribution in [2.24, 2.45) is 0 Å². The van der Waals surface area contributed by atoms with Crippen LogP contribution >= 0.6 is 27.3 Å². The van der Waals surface area contributed by atoms with Gasteiger partial charge in [0, 0.05) is 46.1 Å². The third-order valence-corrected chi connectivity index (χ3v) is 7.67. The highest BCUT2D eigenvalue weighted by Gasteiger charge is 2.30. The van der Waals surface area contributed by atoms with Gasteiger partial charge in [0.05, 0.1) is 27.0 Å². The molecule has 1 fully saturated rings. The Hall–Kier alpha value is -3.38. The van der Waals surface area contributed by atoms with Crippen LogP contribution in [0.15, 0.2) is 40.9 Å². The molecule has 12 heteroatoms. The Morgan fingerprint density at radius 1 is 1.14 bits per heavy atom. The van der Waals surface area contributed by atoms with E-state index in [-0.39, 0.29) is 23.8 Å². The number of piperidine rings is 1. The fourth-order valence-electron chi connectivity index (χ4n) is 4.17. The number of aromatic hydroxyl groups is 1. The average Bonchev–Trinajstić information content (AvgIpc) is 3.21. The fourth-order valence-corrected chi connectivity index (χ4v) is 5.55. The second-order valence-electron chi connectivity index (χ2n) is 8.29. The highest BCUT2D eigenvalue weighted by atomic mass is 79.9. The van der Waals surface area contributed by atoms with Crippen LogP contribution in [0, 0.1) is 27.2 Å². The Kier molecular flexibility index (Phi) is 7.13. The second-order valence-corrected chi connectivity index (χ2v) is 10.4. The summed E-state index contributed by atoms with van der Waals surface area (Å²) in [5.74, 6) is -1.07. The highest BCUT2D eigenvalue weighted by Crippen LogP contribution is 2.38. The van der Waals surface area contributed by atoms with Gasteiger partial charge in [-0.25, -0.2) is 4.98 Å². The average molecular weight is 561 g/mol. The zero-order chi connectivity index (χ0) is 25.3. The molecule has 3 aromatic rings. The maximum atomic E-state index is 12.8. The Bertz CT molecular complexity index is 1270. The molecule has 2 aromatic carbocycles. The van der Waals surface area contributed by atoms with E-state index in [0.717, 1.165) is 50.6 Å². The first-order chi connectivity index (χ1) is 16.6. The van der Waals surface area contributed by atoms with E-state index >= 15 is 0 Å². The summed E-state index contributed by atoms with van der Waals surface area (Å²) in [6.45, 7) is 3.04. The summed E-state index contributed by atoms with van der Waals surface area (Å²) < 4.78 is 1.00. The molecule has 1 aliphatic rings. The quantitative estimate of drug-likeness (QED) is 0.316. The zero-order valence-corrected chi connectivity index (χ0v) is 21.0. The lowest BCUT2D eigenvalue weighted by Gasteiger charge is -2.31. The molecule has 0 saturated carbocycles. The maximum absolute atomic E-state index is 12.8. The summed E-state index contributed by atoms with van der Waals surface area (Å²) in [7, 11) is 0. The minimum Gasteiger partial charge on any atom is -0.497 e. The largest absolute Gasteiger partial charge is 0.497 e. The standard InChI is InChI=1S/C23H21BrN4O6S/c1-13-21(15-2-4-17(24)5-3-15)25-23(35-13)16-6-8-26(9-7-16)20(29)12-14-10-18(27(31)32)22(30)19(11-14)28(33)34/h2-5,10-11,16,30H,6-9,12H2,1H3. The van der Waals surface area contributed by atoms with Crippen LogP contribution in [0.2, 0.25) is 0 Å². The Labute approximate surface area is 212 Å². The first-order valence-corrected chi connectivity index (χ1v) is 12.4. The van der Waals surface area contributed by atoms with E-state index in [1.807, 2.05) is 31.2 Å². The Balaban J connectivity index is 1.43. The van der Waals surface area contributed by atoms with Gasteiger partial charge in [-0.15, -0.1) is 11.3 Å². The molecule has 2 heterocycles. The predicted molar refractivity (Wildman–Crippen MR) is 134 cm³/mol. The van der Waals surface area contributed by atoms with Crippen LogP contribution in [0.3, 0.4) is 0 Å². The first-order valence-electron chi connectivity index (χ1n) is 10.8. The Morgan fingerprint density at radius 3 is 2.26 bits per heavy atom. The number of nitrogens with zero attached hydrogens (tertiary/aromatic N) is 4. The molecule has 0 unspecified atom stereocenters. The van der Waals surface area contributed by atoms with E-state index in [9.17, 15) is 30.1 Å². The van der Waals surface area contributed by atoms with Gasteiger partial charge in [0.15, 0.2) is 0 Å². The number of hydrogen-bond donors (Lipinski definition) is 1. The number of likely N-dealkylation sites (tertiary alicyclic amines) is 1. The molecule has 182 valence electrons. The molecule has 0 aliphatic carbocycles. The van der Waals surface area contributed by atoms with Crippen LogP contribution in [-0.4, -0.2) is 43.8 Å². The molecule has 10 nitrogen and oxygen atoms in total. The van der Waals surface area contributed by atoms with E-state index < -0.39 is 27.0 Å². The number of amides is 1. The predicted octanol–water partition coefficient (Wildman–Crippen LogP) is 5.35. The van der Waals surface area contributed by atoms with E-state index in [4.69, 9.17) is 4.98 Å². The normalized spacial score (nSPS) is 14.2. The van der Waals surface area contributed by atoms with Crippen LogP contribution in [0.4, 0.5) is 11.4 Å². The number of halogens is 1. The minimum atomic E-state index is -1.02. The van der Waals surface area contributed by atoms with Crippen molar-refractivity contribution < 1.29 is 19.7 Å². The number of phenolic OH excluding ortho intramolecular Hbond substituents is 1. The van der Waals surface area contributed by atoms with Crippen LogP contribution in [0.25, 0.3) is 11.3 Å². The smallest absolute Gasteiger partial charge is 0.318 e. The third-order valence-electron chi connectivity index (χ3n) is 6.01. The molecule has 0 bridgehead atoms. The zero-order valence-electron chi connectivity index (χ0n) is 18.6. The maximum Gasteiger partial charge on any atom is 0.318 e. The lowest BCUT2D eigenvalue weighted by molar-refractivity contribution is -0.396. The molecule has 1 aliphatic heterocycles. The number of hydrogen-bond acceptors (Lipinski definition) is 8. The lowest BCUT2D eigenvalue weighted by Crippen LogP contribution is -2.38. The number of phenols is 1. The van der Waals surface area contributed by atoms with Crippen LogP contribution in [-0.2, 0) is 11.2 Å². The van der Waals surface area contributed by atoms with Crippen LogP contribution < -0.4 is 0 Å².